The highest BCUT2D eigenvalue weighted by molar-refractivity contribution is 6.39. The number of nitrogens with zero attached hydrogens (tertiary/aromatic N) is 3. The molecule has 0 aliphatic carbocycles. The van der Waals surface area contributed by atoms with Crippen molar-refractivity contribution >= 4 is 34.9 Å². The van der Waals surface area contributed by atoms with Crippen LogP contribution in [-0.4, -0.2) is 65.1 Å². The SMILES string of the molecule is O=C(C(=O)N1CCN(C(=O)c2ccccc2)CC1)C1CNc2c(Cl)ncc(F)c21. The van der Waals surface area contributed by atoms with Gasteiger partial charge in [0.2, 0.25) is 5.78 Å². The van der Waals surface area contributed by atoms with Gasteiger partial charge in [-0.3, -0.25) is 14.4 Å². The number of nitrogens with one attached hydrogen (secondary N) is 1. The van der Waals surface area contributed by atoms with Crippen LogP contribution in [0.5, 0.6) is 0 Å². The highest BCUT2D eigenvalue weighted by Gasteiger charge is 2.39. The maximum atomic E-state index is 14.2. The number of amides is 2. The minimum Gasteiger partial charge on any atom is -0.381 e. The lowest BCUT2D eigenvalue weighted by Crippen LogP contribution is -2.52. The molecule has 4 rings (SSSR count). The molecule has 7 nitrogen and oxygen atoms in total. The molecule has 0 bridgehead atoms. The minimum absolute atomic E-state index is 0.0668. The maximum Gasteiger partial charge on any atom is 0.290 e. The Hall–Kier alpha value is -3.00. The van der Waals surface area contributed by atoms with Crippen LogP contribution in [-0.2, 0) is 9.59 Å². The van der Waals surface area contributed by atoms with Gasteiger partial charge < -0.3 is 15.1 Å². The average molecular weight is 417 g/mol. The van der Waals surface area contributed by atoms with Crippen molar-refractivity contribution in [3.05, 3.63) is 58.6 Å². The van der Waals surface area contributed by atoms with Gasteiger partial charge in [-0.15, -0.1) is 0 Å². The second-order valence-electron chi connectivity index (χ2n) is 6.93. The van der Waals surface area contributed by atoms with Crippen LogP contribution in [0.2, 0.25) is 5.15 Å². The van der Waals surface area contributed by atoms with Gasteiger partial charge in [0.1, 0.15) is 5.82 Å². The van der Waals surface area contributed by atoms with Crippen molar-refractivity contribution in [2.45, 2.75) is 5.92 Å². The number of pyridine rings is 1. The van der Waals surface area contributed by atoms with Crippen molar-refractivity contribution in [2.75, 3.05) is 38.0 Å². The molecule has 1 aromatic carbocycles. The van der Waals surface area contributed by atoms with Gasteiger partial charge in [-0.05, 0) is 12.1 Å². The third kappa shape index (κ3) is 3.55. The van der Waals surface area contributed by atoms with Crippen molar-refractivity contribution in [1.82, 2.24) is 14.8 Å². The fraction of sp³-hybridized carbons (Fsp3) is 0.300. The quantitative estimate of drug-likeness (QED) is 0.610. The molecular formula is C20H18ClFN4O3. The lowest BCUT2D eigenvalue weighted by molar-refractivity contribution is -0.146. The molecule has 2 aliphatic rings. The second-order valence-corrected chi connectivity index (χ2v) is 7.29. The number of benzene rings is 1. The standard InChI is InChI=1S/C20H18ClFN4O3/c21-18-16-15(14(22)11-24-18)13(10-23-16)17(27)20(29)26-8-6-25(7-9-26)19(28)12-4-2-1-3-5-12/h1-5,11,13,23H,6-10H2. The molecule has 1 saturated heterocycles. The van der Waals surface area contributed by atoms with Gasteiger partial charge in [-0.25, -0.2) is 9.37 Å². The average Bonchev–Trinajstić information content (AvgIpc) is 3.22. The molecule has 2 aromatic rings. The van der Waals surface area contributed by atoms with E-state index in [1.165, 1.54) is 4.90 Å². The van der Waals surface area contributed by atoms with Crippen LogP contribution in [0, 0.1) is 5.82 Å². The molecule has 3 heterocycles. The Labute approximate surface area is 171 Å². The van der Waals surface area contributed by atoms with E-state index < -0.39 is 23.4 Å². The Kier molecular flexibility index (Phi) is 5.19. The van der Waals surface area contributed by atoms with E-state index in [-0.39, 0.29) is 41.9 Å². The molecule has 29 heavy (non-hydrogen) atoms. The second kappa shape index (κ2) is 7.79. The van der Waals surface area contributed by atoms with Crippen molar-refractivity contribution < 1.29 is 18.8 Å². The Morgan fingerprint density at radius 1 is 1.07 bits per heavy atom. The first kappa shape index (κ1) is 19.3. The topological polar surface area (TPSA) is 82.6 Å². The van der Waals surface area contributed by atoms with E-state index in [2.05, 4.69) is 10.3 Å². The summed E-state index contributed by atoms with van der Waals surface area (Å²) in [7, 11) is 0. The van der Waals surface area contributed by atoms with Crippen LogP contribution < -0.4 is 5.32 Å². The summed E-state index contributed by atoms with van der Waals surface area (Å²) in [6.07, 6.45) is 0.951. The highest BCUT2D eigenvalue weighted by Crippen LogP contribution is 2.38. The van der Waals surface area contributed by atoms with Gasteiger partial charge in [0.15, 0.2) is 5.15 Å². The van der Waals surface area contributed by atoms with Crippen LogP contribution in [0.15, 0.2) is 36.5 Å². The lowest BCUT2D eigenvalue weighted by atomic mass is 9.96. The highest BCUT2D eigenvalue weighted by atomic mass is 35.5. The summed E-state index contributed by atoms with van der Waals surface area (Å²) >= 11 is 5.95. The summed E-state index contributed by atoms with van der Waals surface area (Å²) in [6, 6.07) is 8.89. The number of rotatable bonds is 3. The molecule has 9 heteroatoms. The summed E-state index contributed by atoms with van der Waals surface area (Å²) in [4.78, 5) is 44.8. The van der Waals surface area contributed by atoms with Crippen LogP contribution in [0.25, 0.3) is 0 Å². The van der Waals surface area contributed by atoms with Crippen LogP contribution in [0.4, 0.5) is 10.1 Å². The summed E-state index contributed by atoms with van der Waals surface area (Å²) in [5, 5.41) is 2.93. The summed E-state index contributed by atoms with van der Waals surface area (Å²) < 4.78 is 14.2. The summed E-state index contributed by atoms with van der Waals surface area (Å²) in [6.45, 7) is 1.24. The monoisotopic (exact) mass is 416 g/mol. The molecule has 0 spiro atoms. The third-order valence-electron chi connectivity index (χ3n) is 5.26. The summed E-state index contributed by atoms with van der Waals surface area (Å²) in [5.74, 6) is -3.09. The number of hydrogen-bond donors (Lipinski definition) is 1. The molecule has 150 valence electrons. The van der Waals surface area contributed by atoms with Gasteiger partial charge in [-0.1, -0.05) is 29.8 Å². The molecular weight excluding hydrogens is 399 g/mol. The molecule has 2 amide bonds. The van der Waals surface area contributed by atoms with Gasteiger partial charge in [0.05, 0.1) is 17.8 Å². The number of ketones is 1. The van der Waals surface area contributed by atoms with Crippen molar-refractivity contribution in [3.63, 3.8) is 0 Å². The molecule has 1 aromatic heterocycles. The molecule has 2 aliphatic heterocycles. The smallest absolute Gasteiger partial charge is 0.290 e. The van der Waals surface area contributed by atoms with E-state index in [1.54, 1.807) is 29.2 Å². The van der Waals surface area contributed by atoms with Crippen LogP contribution in [0.1, 0.15) is 21.8 Å². The fourth-order valence-electron chi connectivity index (χ4n) is 3.70. The first-order valence-electron chi connectivity index (χ1n) is 9.22. The Balaban J connectivity index is 1.42. The van der Waals surface area contributed by atoms with Crippen LogP contribution in [0.3, 0.4) is 0 Å². The van der Waals surface area contributed by atoms with E-state index in [4.69, 9.17) is 11.6 Å². The molecule has 0 radical (unpaired) electrons. The normalized spacial score (nSPS) is 18.2. The number of hydrogen-bond acceptors (Lipinski definition) is 5. The predicted octanol–water partition coefficient (Wildman–Crippen LogP) is 1.94. The maximum absolute atomic E-state index is 14.2. The third-order valence-corrected chi connectivity index (χ3v) is 5.54. The minimum atomic E-state index is -0.943. The zero-order chi connectivity index (χ0) is 20.5. The van der Waals surface area contributed by atoms with Crippen molar-refractivity contribution in [2.24, 2.45) is 0 Å². The first-order chi connectivity index (χ1) is 14.0. The van der Waals surface area contributed by atoms with E-state index in [1.807, 2.05) is 6.07 Å². The van der Waals surface area contributed by atoms with Crippen molar-refractivity contribution in [1.29, 1.82) is 0 Å². The van der Waals surface area contributed by atoms with Gasteiger partial charge in [0.25, 0.3) is 11.8 Å². The van der Waals surface area contributed by atoms with Gasteiger partial charge >= 0.3 is 0 Å². The zero-order valence-electron chi connectivity index (χ0n) is 15.4. The Morgan fingerprint density at radius 3 is 2.41 bits per heavy atom. The van der Waals surface area contributed by atoms with Crippen LogP contribution >= 0.6 is 11.6 Å². The number of piperazine rings is 1. The molecule has 1 fully saturated rings. The lowest BCUT2D eigenvalue weighted by Gasteiger charge is -2.34. The van der Waals surface area contributed by atoms with Gasteiger partial charge in [0, 0.05) is 43.9 Å². The molecule has 1 unspecified atom stereocenters. The van der Waals surface area contributed by atoms with Crippen molar-refractivity contribution in [3.8, 4) is 0 Å². The number of halogens is 2. The zero-order valence-corrected chi connectivity index (χ0v) is 16.2. The number of Topliss-reactive ketones (excluding diaryl/α,β-unsaturated/α-hetero) is 1. The number of aromatic nitrogens is 1. The van der Waals surface area contributed by atoms with E-state index in [9.17, 15) is 18.8 Å². The van der Waals surface area contributed by atoms with E-state index >= 15 is 0 Å². The van der Waals surface area contributed by atoms with E-state index in [0.29, 0.717) is 18.7 Å². The van der Waals surface area contributed by atoms with Gasteiger partial charge in [-0.2, -0.15) is 0 Å². The molecule has 1 atom stereocenters. The number of fused-ring (bicyclic) bond motifs is 1. The largest absolute Gasteiger partial charge is 0.381 e. The Morgan fingerprint density at radius 2 is 1.72 bits per heavy atom. The molecule has 1 N–H and O–H groups in total. The summed E-state index contributed by atoms with van der Waals surface area (Å²) in [5.41, 5.74) is 0.926. The van der Waals surface area contributed by atoms with E-state index in [0.717, 1.165) is 6.20 Å². The number of carbonyl (C=O) groups excluding carboxylic acids is 3. The molecule has 0 saturated carbocycles. The number of anilines is 1. The fourth-order valence-corrected chi connectivity index (χ4v) is 3.92. The number of carbonyl (C=O) groups is 3. The Bertz CT molecular complexity index is 977. The first-order valence-corrected chi connectivity index (χ1v) is 9.60. The predicted molar refractivity (Wildman–Crippen MR) is 104 cm³/mol.